The van der Waals surface area contributed by atoms with Gasteiger partial charge in [-0.25, -0.2) is 0 Å². The van der Waals surface area contributed by atoms with Crippen molar-refractivity contribution in [3.63, 3.8) is 0 Å². The van der Waals surface area contributed by atoms with Gasteiger partial charge in [0.1, 0.15) is 0 Å². The van der Waals surface area contributed by atoms with Crippen LogP contribution in [0.5, 0.6) is 0 Å². The van der Waals surface area contributed by atoms with Crippen LogP contribution in [0.25, 0.3) is 0 Å². The Kier molecular flexibility index (Phi) is 7.01. The molecular formula is C13H28N2O. The lowest BCUT2D eigenvalue weighted by atomic mass is 10.1. The Morgan fingerprint density at radius 2 is 2.25 bits per heavy atom. The molecule has 0 amide bonds. The van der Waals surface area contributed by atoms with Crippen LogP contribution < -0.4 is 5.32 Å². The highest BCUT2D eigenvalue weighted by Crippen LogP contribution is 2.14. The van der Waals surface area contributed by atoms with Crippen LogP contribution in [0, 0.1) is 0 Å². The lowest BCUT2D eigenvalue weighted by Gasteiger charge is -2.31. The van der Waals surface area contributed by atoms with E-state index >= 15 is 0 Å². The van der Waals surface area contributed by atoms with Gasteiger partial charge in [-0.15, -0.1) is 0 Å². The highest BCUT2D eigenvalue weighted by molar-refractivity contribution is 4.71. The zero-order valence-electron chi connectivity index (χ0n) is 11.2. The minimum Gasteiger partial charge on any atom is -0.377 e. The molecule has 96 valence electrons. The van der Waals surface area contributed by atoms with E-state index in [1.165, 1.54) is 25.7 Å². The fourth-order valence-electron chi connectivity index (χ4n) is 2.16. The average Bonchev–Trinajstić information content (AvgIpc) is 2.30. The molecule has 16 heavy (non-hydrogen) atoms. The van der Waals surface area contributed by atoms with E-state index in [1.807, 2.05) is 0 Å². The van der Waals surface area contributed by atoms with Crippen LogP contribution in [0.3, 0.4) is 0 Å². The van der Waals surface area contributed by atoms with Gasteiger partial charge in [0, 0.05) is 19.2 Å². The normalized spacial score (nSPS) is 23.6. The highest BCUT2D eigenvalue weighted by Gasteiger charge is 2.18. The van der Waals surface area contributed by atoms with Crippen LogP contribution in [-0.4, -0.2) is 50.3 Å². The Hall–Kier alpha value is -0.120. The Balaban J connectivity index is 2.14. The molecule has 3 nitrogen and oxygen atoms in total. The molecule has 1 aliphatic heterocycles. The van der Waals surface area contributed by atoms with Crippen molar-refractivity contribution in [3.8, 4) is 0 Å². The number of nitrogens with one attached hydrogen (secondary N) is 1. The van der Waals surface area contributed by atoms with Gasteiger partial charge >= 0.3 is 0 Å². The van der Waals surface area contributed by atoms with E-state index in [-0.39, 0.29) is 0 Å². The third-order valence-electron chi connectivity index (χ3n) is 3.51. The van der Waals surface area contributed by atoms with Crippen molar-refractivity contribution in [1.29, 1.82) is 0 Å². The zero-order chi connectivity index (χ0) is 11.8. The molecule has 0 aromatic rings. The smallest absolute Gasteiger partial charge is 0.0702 e. The molecule has 3 heteroatoms. The molecule has 0 bridgehead atoms. The maximum Gasteiger partial charge on any atom is 0.0702 e. The van der Waals surface area contributed by atoms with Crippen molar-refractivity contribution in [3.05, 3.63) is 0 Å². The van der Waals surface area contributed by atoms with Gasteiger partial charge in [0.15, 0.2) is 0 Å². The first-order valence-corrected chi connectivity index (χ1v) is 6.76. The van der Waals surface area contributed by atoms with Crippen LogP contribution in [0.4, 0.5) is 0 Å². The van der Waals surface area contributed by atoms with Crippen LogP contribution >= 0.6 is 0 Å². The maximum absolute atomic E-state index is 5.77. The van der Waals surface area contributed by atoms with Crippen molar-refractivity contribution >= 4 is 0 Å². The summed E-state index contributed by atoms with van der Waals surface area (Å²) in [5, 5.41) is 3.38. The van der Waals surface area contributed by atoms with E-state index in [2.05, 4.69) is 31.1 Å². The molecule has 0 aromatic heterocycles. The fraction of sp³-hybridized carbons (Fsp3) is 1.00. The van der Waals surface area contributed by atoms with E-state index in [0.717, 1.165) is 26.2 Å². The van der Waals surface area contributed by atoms with Gasteiger partial charge in [-0.3, -0.25) is 0 Å². The predicted octanol–water partition coefficient (Wildman–Crippen LogP) is 1.88. The van der Waals surface area contributed by atoms with Gasteiger partial charge in [-0.1, -0.05) is 6.92 Å². The molecule has 1 N–H and O–H groups in total. The van der Waals surface area contributed by atoms with E-state index in [1.54, 1.807) is 0 Å². The Bertz CT molecular complexity index is 169. The van der Waals surface area contributed by atoms with E-state index in [0.29, 0.717) is 12.1 Å². The summed E-state index contributed by atoms with van der Waals surface area (Å²) in [5.41, 5.74) is 0. The molecule has 1 aliphatic rings. The third kappa shape index (κ3) is 5.28. The van der Waals surface area contributed by atoms with Gasteiger partial charge in [0.25, 0.3) is 0 Å². The Morgan fingerprint density at radius 3 is 2.88 bits per heavy atom. The monoisotopic (exact) mass is 228 g/mol. The number of rotatable bonds is 7. The molecule has 0 spiro atoms. The lowest BCUT2D eigenvalue weighted by Crippen LogP contribution is -2.39. The van der Waals surface area contributed by atoms with Crippen molar-refractivity contribution in [2.75, 3.05) is 33.3 Å². The van der Waals surface area contributed by atoms with E-state index < -0.39 is 0 Å². The standard InChI is InChI=1S/C13H28N2O/c1-4-14-9-8-12(2)15(3)11-13-7-5-6-10-16-13/h12-14H,4-11H2,1-3H3. The Morgan fingerprint density at radius 1 is 1.44 bits per heavy atom. The molecule has 2 atom stereocenters. The van der Waals surface area contributed by atoms with E-state index in [4.69, 9.17) is 4.74 Å². The van der Waals surface area contributed by atoms with Crippen molar-refractivity contribution < 1.29 is 4.74 Å². The molecule has 1 rings (SSSR count). The summed E-state index contributed by atoms with van der Waals surface area (Å²) in [6.45, 7) is 8.71. The average molecular weight is 228 g/mol. The summed E-state index contributed by atoms with van der Waals surface area (Å²) in [6.07, 6.45) is 5.52. The summed E-state index contributed by atoms with van der Waals surface area (Å²) in [5.74, 6) is 0. The fourth-order valence-corrected chi connectivity index (χ4v) is 2.16. The quantitative estimate of drug-likeness (QED) is 0.673. The molecule has 2 unspecified atom stereocenters. The van der Waals surface area contributed by atoms with Gasteiger partial charge in [0.2, 0.25) is 0 Å². The molecular weight excluding hydrogens is 200 g/mol. The molecule has 0 radical (unpaired) electrons. The number of hydrogen-bond acceptors (Lipinski definition) is 3. The predicted molar refractivity (Wildman–Crippen MR) is 68.8 cm³/mol. The summed E-state index contributed by atoms with van der Waals surface area (Å²) < 4.78 is 5.77. The summed E-state index contributed by atoms with van der Waals surface area (Å²) in [6, 6.07) is 0.643. The number of ether oxygens (including phenoxy) is 1. The van der Waals surface area contributed by atoms with E-state index in [9.17, 15) is 0 Å². The lowest BCUT2D eigenvalue weighted by molar-refractivity contribution is -0.00743. The summed E-state index contributed by atoms with van der Waals surface area (Å²) in [4.78, 5) is 2.44. The van der Waals surface area contributed by atoms with Crippen molar-refractivity contribution in [2.24, 2.45) is 0 Å². The second kappa shape index (κ2) is 8.04. The molecule has 1 heterocycles. The van der Waals surface area contributed by atoms with Crippen molar-refractivity contribution in [1.82, 2.24) is 10.2 Å². The topological polar surface area (TPSA) is 24.5 Å². The number of nitrogens with zero attached hydrogens (tertiary/aromatic N) is 1. The highest BCUT2D eigenvalue weighted by atomic mass is 16.5. The number of hydrogen-bond donors (Lipinski definition) is 1. The largest absolute Gasteiger partial charge is 0.377 e. The van der Waals surface area contributed by atoms with Crippen LogP contribution in [-0.2, 0) is 4.74 Å². The molecule has 1 fully saturated rings. The molecule has 1 saturated heterocycles. The molecule has 0 aromatic carbocycles. The Labute approximate surface area is 101 Å². The minimum absolute atomic E-state index is 0.473. The first-order valence-electron chi connectivity index (χ1n) is 6.76. The van der Waals surface area contributed by atoms with Crippen LogP contribution in [0.2, 0.25) is 0 Å². The van der Waals surface area contributed by atoms with Crippen LogP contribution in [0.15, 0.2) is 0 Å². The third-order valence-corrected chi connectivity index (χ3v) is 3.51. The van der Waals surface area contributed by atoms with Crippen LogP contribution in [0.1, 0.15) is 39.5 Å². The van der Waals surface area contributed by atoms with Gasteiger partial charge in [-0.05, 0) is 52.7 Å². The minimum atomic E-state index is 0.473. The summed E-state index contributed by atoms with van der Waals surface area (Å²) >= 11 is 0. The zero-order valence-corrected chi connectivity index (χ0v) is 11.2. The van der Waals surface area contributed by atoms with Crippen molar-refractivity contribution in [2.45, 2.75) is 51.7 Å². The summed E-state index contributed by atoms with van der Waals surface area (Å²) in [7, 11) is 2.22. The second-order valence-electron chi connectivity index (χ2n) is 4.92. The van der Waals surface area contributed by atoms with Gasteiger partial charge < -0.3 is 15.0 Å². The second-order valence-corrected chi connectivity index (χ2v) is 4.92. The van der Waals surface area contributed by atoms with Gasteiger partial charge in [-0.2, -0.15) is 0 Å². The SMILES string of the molecule is CCNCCC(C)N(C)CC1CCCCO1. The molecule has 0 saturated carbocycles. The first kappa shape index (κ1) is 13.9. The number of likely N-dealkylation sites (N-methyl/N-ethyl adjacent to an activating group) is 1. The van der Waals surface area contributed by atoms with Gasteiger partial charge in [0.05, 0.1) is 6.10 Å². The maximum atomic E-state index is 5.77. The first-order chi connectivity index (χ1) is 7.74. The molecule has 0 aliphatic carbocycles.